The molecule has 172 valence electrons. The molecule has 1 unspecified atom stereocenters. The van der Waals surface area contributed by atoms with Crippen LogP contribution in [0, 0.1) is 11.3 Å². The lowest BCUT2D eigenvalue weighted by Crippen LogP contribution is -2.26. The van der Waals surface area contributed by atoms with E-state index in [1.54, 1.807) is 22.9 Å². The number of nitrogens with one attached hydrogen (secondary N) is 1. The quantitative estimate of drug-likeness (QED) is 0.533. The molecule has 1 aliphatic rings. The third-order valence-electron chi connectivity index (χ3n) is 6.04. The summed E-state index contributed by atoms with van der Waals surface area (Å²) in [7, 11) is 1.37. The van der Waals surface area contributed by atoms with Gasteiger partial charge >= 0.3 is 6.61 Å². The number of benzene rings is 1. The first kappa shape index (κ1) is 22.5. The van der Waals surface area contributed by atoms with Crippen molar-refractivity contribution in [1.82, 2.24) is 14.7 Å². The zero-order valence-corrected chi connectivity index (χ0v) is 18.6. The number of nitriles is 1. The normalized spacial score (nSPS) is 15.2. The summed E-state index contributed by atoms with van der Waals surface area (Å²) in [5.74, 6) is -0.669. The zero-order chi connectivity index (χ0) is 23.8. The van der Waals surface area contributed by atoms with Gasteiger partial charge in [-0.2, -0.15) is 14.0 Å². The van der Waals surface area contributed by atoms with Gasteiger partial charge in [0, 0.05) is 17.8 Å². The average Bonchev–Trinajstić information content (AvgIpc) is 3.51. The number of carbonyl (C=O) groups excluding carboxylic acids is 1. The molecule has 1 aliphatic carbocycles. The molecule has 1 fully saturated rings. The largest absolute Gasteiger partial charge is 0.496 e. The van der Waals surface area contributed by atoms with E-state index in [0.717, 1.165) is 18.4 Å². The van der Waals surface area contributed by atoms with Gasteiger partial charge in [-0.1, -0.05) is 6.92 Å². The molecular formula is C24H24F2N4O3. The number of methoxy groups -OCH3 is 1. The molecule has 2 heterocycles. The highest BCUT2D eigenvalue weighted by molar-refractivity contribution is 6.01. The molecule has 0 radical (unpaired) electrons. The lowest BCUT2D eigenvalue weighted by atomic mass is 9.82. The summed E-state index contributed by atoms with van der Waals surface area (Å²) in [4.78, 5) is 17.1. The Balaban J connectivity index is 1.81. The van der Waals surface area contributed by atoms with Crippen LogP contribution in [0.4, 0.5) is 8.78 Å². The van der Waals surface area contributed by atoms with Crippen molar-refractivity contribution in [3.63, 3.8) is 0 Å². The van der Waals surface area contributed by atoms with Crippen LogP contribution >= 0.6 is 0 Å². The smallest absolute Gasteiger partial charge is 0.387 e. The standard InChI is InChI=1S/C24H24F2N4O3/c1-4-24(2,13-27)15-7-8-30-17(12-28-20(30)11-15)14-9-18(32-3)21(19(10-14)33-23(25)26)22(31)29-16-5-6-16/h7-12,16,23H,4-6H2,1-3H3,(H,29,31). The summed E-state index contributed by atoms with van der Waals surface area (Å²) in [5.41, 5.74) is 1.80. The van der Waals surface area contributed by atoms with Crippen LogP contribution in [0.1, 0.15) is 49.0 Å². The van der Waals surface area contributed by atoms with Crippen molar-refractivity contribution in [3.05, 3.63) is 47.8 Å². The van der Waals surface area contributed by atoms with Crippen LogP contribution in [-0.2, 0) is 5.41 Å². The van der Waals surface area contributed by atoms with E-state index in [-0.39, 0.29) is 23.1 Å². The first-order valence-corrected chi connectivity index (χ1v) is 10.7. The number of ether oxygens (including phenoxy) is 2. The number of hydrogen-bond donors (Lipinski definition) is 1. The molecule has 0 spiro atoms. The lowest BCUT2D eigenvalue weighted by molar-refractivity contribution is -0.0502. The molecule has 1 aromatic carbocycles. The Morgan fingerprint density at radius 1 is 1.36 bits per heavy atom. The van der Waals surface area contributed by atoms with E-state index in [4.69, 9.17) is 9.47 Å². The van der Waals surface area contributed by atoms with E-state index in [2.05, 4.69) is 16.4 Å². The summed E-state index contributed by atoms with van der Waals surface area (Å²) in [6, 6.07) is 9.05. The fourth-order valence-electron chi connectivity index (χ4n) is 3.68. The van der Waals surface area contributed by atoms with Crippen molar-refractivity contribution in [2.75, 3.05) is 7.11 Å². The highest BCUT2D eigenvalue weighted by Gasteiger charge is 2.29. The van der Waals surface area contributed by atoms with Crippen molar-refractivity contribution in [2.45, 2.75) is 51.2 Å². The second-order valence-corrected chi connectivity index (χ2v) is 8.26. The molecule has 3 aromatic rings. The van der Waals surface area contributed by atoms with Gasteiger partial charge in [-0.3, -0.25) is 9.20 Å². The van der Waals surface area contributed by atoms with Crippen LogP contribution < -0.4 is 14.8 Å². The predicted octanol–water partition coefficient (Wildman–Crippen LogP) is 4.69. The van der Waals surface area contributed by atoms with Crippen molar-refractivity contribution in [2.24, 2.45) is 0 Å². The molecule has 0 saturated heterocycles. The van der Waals surface area contributed by atoms with Gasteiger partial charge in [-0.05, 0) is 56.0 Å². The first-order chi connectivity index (χ1) is 15.8. The number of pyridine rings is 1. The number of rotatable bonds is 8. The SMILES string of the molecule is CCC(C)(C#N)c1ccn2c(-c3cc(OC)c(C(=O)NC4CC4)c(OC(F)F)c3)cnc2c1. The van der Waals surface area contributed by atoms with Crippen LogP contribution in [0.5, 0.6) is 11.5 Å². The number of halogens is 2. The molecule has 7 nitrogen and oxygen atoms in total. The molecule has 1 saturated carbocycles. The maximum atomic E-state index is 13.2. The molecule has 1 amide bonds. The average molecular weight is 454 g/mol. The predicted molar refractivity (Wildman–Crippen MR) is 118 cm³/mol. The molecule has 9 heteroatoms. The van der Waals surface area contributed by atoms with Crippen LogP contribution in [0.25, 0.3) is 16.9 Å². The number of aromatic nitrogens is 2. The Bertz CT molecular complexity index is 1250. The number of nitrogens with zero attached hydrogens (tertiary/aromatic N) is 3. The van der Waals surface area contributed by atoms with Crippen molar-refractivity contribution in [1.29, 1.82) is 5.26 Å². The summed E-state index contributed by atoms with van der Waals surface area (Å²) in [6.45, 7) is 0.703. The van der Waals surface area contributed by atoms with E-state index in [1.807, 2.05) is 26.0 Å². The number of imidazole rings is 1. The molecule has 1 atom stereocenters. The van der Waals surface area contributed by atoms with E-state index in [1.165, 1.54) is 13.2 Å². The molecule has 2 aromatic heterocycles. The first-order valence-electron chi connectivity index (χ1n) is 10.7. The highest BCUT2D eigenvalue weighted by Crippen LogP contribution is 2.37. The molecular weight excluding hydrogens is 430 g/mol. The monoisotopic (exact) mass is 454 g/mol. The number of hydrogen-bond acceptors (Lipinski definition) is 5. The minimum Gasteiger partial charge on any atom is -0.496 e. The number of carbonyl (C=O) groups is 1. The molecule has 4 rings (SSSR count). The van der Waals surface area contributed by atoms with Crippen LogP contribution in [0.2, 0.25) is 0 Å². The fraction of sp³-hybridized carbons (Fsp3) is 0.375. The van der Waals surface area contributed by atoms with Gasteiger partial charge in [0.05, 0.1) is 30.5 Å². The summed E-state index contributed by atoms with van der Waals surface area (Å²) in [5, 5.41) is 12.4. The third kappa shape index (κ3) is 4.33. The third-order valence-corrected chi connectivity index (χ3v) is 6.04. The van der Waals surface area contributed by atoms with Crippen molar-refractivity contribution >= 4 is 11.6 Å². The van der Waals surface area contributed by atoms with Gasteiger partial charge in [0.1, 0.15) is 22.7 Å². The van der Waals surface area contributed by atoms with Gasteiger partial charge in [0.15, 0.2) is 0 Å². The fourth-order valence-corrected chi connectivity index (χ4v) is 3.68. The second-order valence-electron chi connectivity index (χ2n) is 8.26. The Labute approximate surface area is 189 Å². The van der Waals surface area contributed by atoms with E-state index in [9.17, 15) is 18.8 Å². The van der Waals surface area contributed by atoms with Crippen molar-refractivity contribution in [3.8, 4) is 28.8 Å². The Kier molecular flexibility index (Phi) is 5.93. The van der Waals surface area contributed by atoms with Gasteiger partial charge in [-0.25, -0.2) is 4.98 Å². The number of alkyl halides is 2. The van der Waals surface area contributed by atoms with Gasteiger partial charge in [-0.15, -0.1) is 0 Å². The molecule has 33 heavy (non-hydrogen) atoms. The number of fused-ring (bicyclic) bond motifs is 1. The Morgan fingerprint density at radius 2 is 2.09 bits per heavy atom. The van der Waals surface area contributed by atoms with Crippen LogP contribution in [0.15, 0.2) is 36.7 Å². The lowest BCUT2D eigenvalue weighted by Gasteiger charge is -2.20. The summed E-state index contributed by atoms with van der Waals surface area (Å²) < 4.78 is 38.2. The summed E-state index contributed by atoms with van der Waals surface area (Å²) >= 11 is 0. The topological polar surface area (TPSA) is 88.7 Å². The number of amides is 1. The van der Waals surface area contributed by atoms with E-state index < -0.39 is 17.9 Å². The zero-order valence-electron chi connectivity index (χ0n) is 18.6. The molecule has 1 N–H and O–H groups in total. The van der Waals surface area contributed by atoms with Crippen LogP contribution in [-0.4, -0.2) is 35.1 Å². The minimum absolute atomic E-state index is 0.0384. The second kappa shape index (κ2) is 8.70. The maximum Gasteiger partial charge on any atom is 0.387 e. The van der Waals surface area contributed by atoms with E-state index in [0.29, 0.717) is 23.3 Å². The van der Waals surface area contributed by atoms with E-state index >= 15 is 0 Å². The van der Waals surface area contributed by atoms with Gasteiger partial charge < -0.3 is 14.8 Å². The van der Waals surface area contributed by atoms with Gasteiger partial charge in [0.25, 0.3) is 5.91 Å². The maximum absolute atomic E-state index is 13.2. The Hall–Kier alpha value is -3.67. The Morgan fingerprint density at radius 3 is 2.70 bits per heavy atom. The van der Waals surface area contributed by atoms with Gasteiger partial charge in [0.2, 0.25) is 0 Å². The molecule has 0 aliphatic heterocycles. The summed E-state index contributed by atoms with van der Waals surface area (Å²) in [6.07, 6.45) is 5.72. The highest BCUT2D eigenvalue weighted by atomic mass is 19.3. The van der Waals surface area contributed by atoms with Crippen molar-refractivity contribution < 1.29 is 23.0 Å². The van der Waals surface area contributed by atoms with Crippen LogP contribution in [0.3, 0.4) is 0 Å². The molecule has 0 bridgehead atoms. The minimum atomic E-state index is -3.11.